The van der Waals surface area contributed by atoms with Gasteiger partial charge in [0.2, 0.25) is 0 Å². The van der Waals surface area contributed by atoms with Gasteiger partial charge in [-0.2, -0.15) is 0 Å². The lowest BCUT2D eigenvalue weighted by Gasteiger charge is -2.29. The molecule has 0 aliphatic heterocycles. The van der Waals surface area contributed by atoms with Crippen molar-refractivity contribution < 1.29 is 0 Å². The van der Waals surface area contributed by atoms with E-state index in [0.29, 0.717) is 0 Å². The summed E-state index contributed by atoms with van der Waals surface area (Å²) >= 11 is 1.87. The monoisotopic (exact) mass is 780 g/mol. The zero-order valence-corrected chi connectivity index (χ0v) is 35.4. The summed E-state index contributed by atoms with van der Waals surface area (Å²) in [7, 11) is 0. The van der Waals surface area contributed by atoms with E-state index in [0.717, 1.165) is 17.1 Å². The van der Waals surface area contributed by atoms with Crippen LogP contribution in [0.4, 0.5) is 17.1 Å². The standard InChI is InChI=1S/C56H48N2S/c1-55(2,3)41-33-42(56(4,5)6)35-45(34-41)58-50-25-15-13-22-46(50)49-24-17-26-51(54(49)58)57(43-28-29-48-47-23-14-16-27-52(47)59-53(48)36-43)44-31-39(37-18-9-7-10-19-37)30-40(32-44)38-20-11-8-12-21-38/h7-36H,1-6H3. The fraction of sp³-hybridized carbons (Fsp3) is 0.143. The lowest BCUT2D eigenvalue weighted by atomic mass is 9.80. The zero-order chi connectivity index (χ0) is 40.5. The van der Waals surface area contributed by atoms with Gasteiger partial charge in [0.25, 0.3) is 0 Å². The van der Waals surface area contributed by atoms with E-state index in [-0.39, 0.29) is 10.8 Å². The van der Waals surface area contributed by atoms with Gasteiger partial charge in [-0.05, 0) is 105 Å². The van der Waals surface area contributed by atoms with Gasteiger partial charge < -0.3 is 9.47 Å². The van der Waals surface area contributed by atoms with Gasteiger partial charge in [0.1, 0.15) is 0 Å². The van der Waals surface area contributed by atoms with Gasteiger partial charge in [0.05, 0.1) is 16.7 Å². The first-order valence-corrected chi connectivity index (χ1v) is 21.5. The Morgan fingerprint density at radius 1 is 0.407 bits per heavy atom. The van der Waals surface area contributed by atoms with Crippen molar-refractivity contribution in [3.05, 3.63) is 193 Å². The van der Waals surface area contributed by atoms with Gasteiger partial charge in [-0.15, -0.1) is 11.3 Å². The van der Waals surface area contributed by atoms with Gasteiger partial charge in [0, 0.05) is 48.0 Å². The van der Waals surface area contributed by atoms with E-state index in [1.165, 1.54) is 81.0 Å². The Morgan fingerprint density at radius 2 is 0.966 bits per heavy atom. The van der Waals surface area contributed by atoms with E-state index < -0.39 is 0 Å². The van der Waals surface area contributed by atoms with E-state index >= 15 is 0 Å². The number of hydrogen-bond acceptors (Lipinski definition) is 2. The number of anilines is 3. The van der Waals surface area contributed by atoms with Crippen LogP contribution in [0.1, 0.15) is 52.7 Å². The molecular formula is C56H48N2S. The van der Waals surface area contributed by atoms with Crippen LogP contribution < -0.4 is 4.90 Å². The Balaban J connectivity index is 1.33. The zero-order valence-electron chi connectivity index (χ0n) is 34.6. The topological polar surface area (TPSA) is 8.17 Å². The van der Waals surface area contributed by atoms with Crippen LogP contribution in [0.2, 0.25) is 0 Å². The third-order valence-electron chi connectivity index (χ3n) is 11.8. The van der Waals surface area contributed by atoms with Crippen molar-refractivity contribution in [2.24, 2.45) is 0 Å². The first kappa shape index (κ1) is 36.9. The number of hydrogen-bond donors (Lipinski definition) is 0. The number of rotatable bonds is 6. The van der Waals surface area contributed by atoms with Crippen molar-refractivity contribution >= 4 is 70.4 Å². The predicted molar refractivity (Wildman–Crippen MR) is 257 cm³/mol. The fourth-order valence-electron chi connectivity index (χ4n) is 8.67. The number of fused-ring (bicyclic) bond motifs is 6. The number of aromatic nitrogens is 1. The smallest absolute Gasteiger partial charge is 0.0782 e. The fourth-order valence-corrected chi connectivity index (χ4v) is 9.81. The van der Waals surface area contributed by atoms with Crippen LogP contribution in [-0.4, -0.2) is 4.57 Å². The Kier molecular flexibility index (Phi) is 8.85. The highest BCUT2D eigenvalue weighted by Gasteiger charge is 2.26. The molecule has 0 aliphatic carbocycles. The summed E-state index contributed by atoms with van der Waals surface area (Å²) in [4.78, 5) is 2.51. The average Bonchev–Trinajstić information content (AvgIpc) is 3.79. The van der Waals surface area contributed by atoms with E-state index in [4.69, 9.17) is 0 Å². The molecule has 0 atom stereocenters. The van der Waals surface area contributed by atoms with Crippen molar-refractivity contribution in [3.63, 3.8) is 0 Å². The van der Waals surface area contributed by atoms with Gasteiger partial charge in [-0.1, -0.05) is 163 Å². The highest BCUT2D eigenvalue weighted by molar-refractivity contribution is 7.25. The summed E-state index contributed by atoms with van der Waals surface area (Å²) in [6.07, 6.45) is 0. The molecule has 8 aromatic carbocycles. The summed E-state index contributed by atoms with van der Waals surface area (Å²) in [6, 6.07) is 67.6. The van der Waals surface area contributed by atoms with Gasteiger partial charge in [0.15, 0.2) is 0 Å². The molecule has 0 unspecified atom stereocenters. The molecule has 0 saturated carbocycles. The Labute approximate surface area is 351 Å². The normalized spacial score (nSPS) is 12.2. The van der Waals surface area contributed by atoms with E-state index in [1.807, 2.05) is 11.3 Å². The van der Waals surface area contributed by atoms with E-state index in [9.17, 15) is 0 Å². The number of nitrogens with zero attached hydrogens (tertiary/aromatic N) is 2. The molecule has 2 nitrogen and oxygen atoms in total. The van der Waals surface area contributed by atoms with Crippen LogP contribution in [0.5, 0.6) is 0 Å². The summed E-state index contributed by atoms with van der Waals surface area (Å²) in [5, 5.41) is 5.06. The molecule has 3 heteroatoms. The number of para-hydroxylation sites is 2. The van der Waals surface area contributed by atoms with Crippen molar-refractivity contribution in [1.29, 1.82) is 0 Å². The summed E-state index contributed by atoms with van der Waals surface area (Å²) in [5.41, 5.74) is 14.2. The van der Waals surface area contributed by atoms with Crippen LogP contribution >= 0.6 is 11.3 Å². The number of thiophene rings is 1. The number of benzene rings is 8. The third kappa shape index (κ3) is 6.60. The highest BCUT2D eigenvalue weighted by Crippen LogP contribution is 2.47. The highest BCUT2D eigenvalue weighted by atomic mass is 32.1. The van der Waals surface area contributed by atoms with Crippen molar-refractivity contribution in [2.75, 3.05) is 4.90 Å². The molecule has 59 heavy (non-hydrogen) atoms. The first-order chi connectivity index (χ1) is 28.5. The molecule has 2 aromatic heterocycles. The predicted octanol–water partition coefficient (Wildman–Crippen LogP) is 16.6. The molecule has 288 valence electrons. The molecular weight excluding hydrogens is 733 g/mol. The summed E-state index contributed by atoms with van der Waals surface area (Å²) in [6.45, 7) is 14.0. The van der Waals surface area contributed by atoms with Crippen molar-refractivity contribution in [3.8, 4) is 27.9 Å². The lowest BCUT2D eigenvalue weighted by Crippen LogP contribution is -2.17. The molecule has 0 saturated heterocycles. The van der Waals surface area contributed by atoms with Crippen molar-refractivity contribution in [1.82, 2.24) is 4.57 Å². The summed E-state index contributed by atoms with van der Waals surface area (Å²) in [5.74, 6) is 0. The van der Waals surface area contributed by atoms with Gasteiger partial charge in [-0.25, -0.2) is 0 Å². The Bertz CT molecular complexity index is 3080. The first-order valence-electron chi connectivity index (χ1n) is 20.7. The van der Waals surface area contributed by atoms with Crippen molar-refractivity contribution in [2.45, 2.75) is 52.4 Å². The minimum Gasteiger partial charge on any atom is -0.308 e. The molecule has 0 bridgehead atoms. The molecule has 10 rings (SSSR count). The van der Waals surface area contributed by atoms with Crippen LogP contribution in [0, 0.1) is 0 Å². The van der Waals surface area contributed by atoms with Gasteiger partial charge >= 0.3 is 0 Å². The van der Waals surface area contributed by atoms with E-state index in [2.05, 4.69) is 233 Å². The van der Waals surface area contributed by atoms with Gasteiger partial charge in [-0.3, -0.25) is 0 Å². The maximum Gasteiger partial charge on any atom is 0.0782 e. The quantitative estimate of drug-likeness (QED) is 0.163. The second-order valence-corrected chi connectivity index (χ2v) is 19.0. The summed E-state index contributed by atoms with van der Waals surface area (Å²) < 4.78 is 5.12. The second-order valence-electron chi connectivity index (χ2n) is 17.9. The minimum absolute atomic E-state index is 0.0327. The largest absolute Gasteiger partial charge is 0.308 e. The Hall–Kier alpha value is -6.42. The third-order valence-corrected chi connectivity index (χ3v) is 13.0. The Morgan fingerprint density at radius 3 is 1.61 bits per heavy atom. The van der Waals surface area contributed by atoms with Crippen LogP contribution in [0.3, 0.4) is 0 Å². The maximum atomic E-state index is 2.54. The molecule has 0 aliphatic rings. The molecule has 0 spiro atoms. The molecule has 2 heterocycles. The molecule has 0 radical (unpaired) electrons. The van der Waals surface area contributed by atoms with Crippen LogP contribution in [0.15, 0.2) is 182 Å². The van der Waals surface area contributed by atoms with Crippen LogP contribution in [-0.2, 0) is 10.8 Å². The molecule has 0 amide bonds. The van der Waals surface area contributed by atoms with Crippen LogP contribution in [0.25, 0.3) is 69.9 Å². The maximum absolute atomic E-state index is 2.54. The minimum atomic E-state index is -0.0327. The average molecular weight is 781 g/mol. The second kappa shape index (κ2) is 14.1. The van der Waals surface area contributed by atoms with E-state index in [1.54, 1.807) is 0 Å². The SMILES string of the molecule is CC(C)(C)c1cc(-n2c3ccccc3c3cccc(N(c4cc(-c5ccccc5)cc(-c5ccccc5)c4)c4ccc5c(c4)sc4ccccc45)c32)cc(C(C)(C)C)c1. The lowest BCUT2D eigenvalue weighted by molar-refractivity contribution is 0.568. The molecule has 0 N–H and O–H groups in total. The molecule has 10 aromatic rings. The molecule has 0 fully saturated rings.